The van der Waals surface area contributed by atoms with Crippen LogP contribution in [-0.2, 0) is 11.3 Å². The Bertz CT molecular complexity index is 656. The lowest BCUT2D eigenvalue weighted by Gasteiger charge is -2.19. The topological polar surface area (TPSA) is 62.2 Å². The van der Waals surface area contributed by atoms with Crippen molar-refractivity contribution >= 4 is 32.8 Å². The van der Waals surface area contributed by atoms with Gasteiger partial charge in [-0.2, -0.15) is 0 Å². The van der Waals surface area contributed by atoms with Gasteiger partial charge in [0.1, 0.15) is 0 Å². The molecule has 0 saturated heterocycles. The normalized spacial score (nSPS) is 11.8. The number of aliphatic carboxylic acids is 1. The number of rotatable bonds is 6. The Balaban J connectivity index is 2.02. The molecule has 0 atom stereocenters. The van der Waals surface area contributed by atoms with Gasteiger partial charge in [-0.3, -0.25) is 9.78 Å². The van der Waals surface area contributed by atoms with Crippen LogP contribution in [0.1, 0.15) is 25.8 Å². The van der Waals surface area contributed by atoms with E-state index in [0.29, 0.717) is 19.5 Å². The summed E-state index contributed by atoms with van der Waals surface area (Å²) in [6, 6.07) is 8.00. The zero-order valence-corrected chi connectivity index (χ0v) is 13.8. The Kier molecular flexibility index (Phi) is 4.96. The fraction of sp³-hybridized carbons (Fsp3) is 0.375. The SMILES string of the molecule is CC(C)(CCNCc1ccnc2c(Br)cccc12)C(=O)O. The molecule has 21 heavy (non-hydrogen) atoms. The van der Waals surface area contributed by atoms with Gasteiger partial charge in [0.05, 0.1) is 10.9 Å². The molecule has 1 heterocycles. The number of carbonyl (C=O) groups is 1. The van der Waals surface area contributed by atoms with Crippen molar-refractivity contribution in [2.75, 3.05) is 6.54 Å². The second-order valence-electron chi connectivity index (χ2n) is 5.72. The first-order valence-corrected chi connectivity index (χ1v) is 7.67. The highest BCUT2D eigenvalue weighted by Crippen LogP contribution is 2.24. The van der Waals surface area contributed by atoms with Gasteiger partial charge in [-0.15, -0.1) is 0 Å². The molecule has 112 valence electrons. The molecule has 2 rings (SSSR count). The smallest absolute Gasteiger partial charge is 0.309 e. The van der Waals surface area contributed by atoms with E-state index in [-0.39, 0.29) is 0 Å². The van der Waals surface area contributed by atoms with E-state index in [1.165, 1.54) is 0 Å². The third-order valence-electron chi connectivity index (χ3n) is 3.63. The Morgan fingerprint density at radius 1 is 1.38 bits per heavy atom. The molecule has 0 aliphatic heterocycles. The quantitative estimate of drug-likeness (QED) is 0.781. The zero-order chi connectivity index (χ0) is 15.5. The minimum absolute atomic E-state index is 0.592. The van der Waals surface area contributed by atoms with Crippen molar-refractivity contribution in [1.82, 2.24) is 10.3 Å². The number of halogens is 1. The monoisotopic (exact) mass is 350 g/mol. The van der Waals surface area contributed by atoms with Crippen LogP contribution in [0.4, 0.5) is 0 Å². The average Bonchev–Trinajstić information content (AvgIpc) is 2.44. The molecule has 0 spiro atoms. The predicted octanol–water partition coefficient (Wildman–Crippen LogP) is 3.59. The minimum atomic E-state index is -0.761. The summed E-state index contributed by atoms with van der Waals surface area (Å²) in [6.07, 6.45) is 2.39. The minimum Gasteiger partial charge on any atom is -0.481 e. The molecule has 2 aromatic rings. The molecular formula is C16H19BrN2O2. The van der Waals surface area contributed by atoms with Crippen LogP contribution in [0, 0.1) is 5.41 Å². The average molecular weight is 351 g/mol. The Morgan fingerprint density at radius 2 is 2.14 bits per heavy atom. The third kappa shape index (κ3) is 3.80. The lowest BCUT2D eigenvalue weighted by atomic mass is 9.90. The van der Waals surface area contributed by atoms with Crippen molar-refractivity contribution in [1.29, 1.82) is 0 Å². The van der Waals surface area contributed by atoms with Crippen LogP contribution in [-0.4, -0.2) is 22.6 Å². The summed E-state index contributed by atoms with van der Waals surface area (Å²) in [6.45, 7) is 4.86. The maximum atomic E-state index is 11.1. The van der Waals surface area contributed by atoms with Crippen LogP contribution < -0.4 is 5.32 Å². The largest absolute Gasteiger partial charge is 0.481 e. The van der Waals surface area contributed by atoms with Gasteiger partial charge >= 0.3 is 5.97 Å². The van der Waals surface area contributed by atoms with Crippen molar-refractivity contribution in [3.05, 3.63) is 40.5 Å². The maximum Gasteiger partial charge on any atom is 0.309 e. The number of para-hydroxylation sites is 1. The van der Waals surface area contributed by atoms with E-state index in [1.807, 2.05) is 24.3 Å². The van der Waals surface area contributed by atoms with Gasteiger partial charge in [0.25, 0.3) is 0 Å². The van der Waals surface area contributed by atoms with Crippen LogP contribution >= 0.6 is 15.9 Å². The van der Waals surface area contributed by atoms with Crippen LogP contribution in [0.5, 0.6) is 0 Å². The zero-order valence-electron chi connectivity index (χ0n) is 12.2. The van der Waals surface area contributed by atoms with Gasteiger partial charge < -0.3 is 10.4 Å². The summed E-state index contributed by atoms with van der Waals surface area (Å²) in [5.41, 5.74) is 1.41. The molecular weight excluding hydrogens is 332 g/mol. The van der Waals surface area contributed by atoms with Gasteiger partial charge in [0.15, 0.2) is 0 Å². The molecule has 1 aromatic heterocycles. The number of carboxylic acids is 1. The highest BCUT2D eigenvalue weighted by Gasteiger charge is 2.26. The van der Waals surface area contributed by atoms with E-state index in [0.717, 1.165) is 20.9 Å². The summed E-state index contributed by atoms with van der Waals surface area (Å²) in [4.78, 5) is 15.4. The second-order valence-corrected chi connectivity index (χ2v) is 6.58. The molecule has 0 fully saturated rings. The number of nitrogens with one attached hydrogen (secondary N) is 1. The molecule has 2 N–H and O–H groups in total. The molecule has 0 aliphatic carbocycles. The van der Waals surface area contributed by atoms with E-state index >= 15 is 0 Å². The molecule has 1 aromatic carbocycles. The number of benzene rings is 1. The molecule has 0 unspecified atom stereocenters. The van der Waals surface area contributed by atoms with Crippen molar-refractivity contribution < 1.29 is 9.90 Å². The number of nitrogens with zero attached hydrogens (tertiary/aromatic N) is 1. The molecule has 0 saturated carbocycles. The summed E-state index contributed by atoms with van der Waals surface area (Å²) in [5.74, 6) is -0.761. The summed E-state index contributed by atoms with van der Waals surface area (Å²) < 4.78 is 0.980. The van der Waals surface area contributed by atoms with E-state index in [1.54, 1.807) is 20.0 Å². The number of aromatic nitrogens is 1. The number of fused-ring (bicyclic) bond motifs is 1. The van der Waals surface area contributed by atoms with Crippen LogP contribution in [0.3, 0.4) is 0 Å². The van der Waals surface area contributed by atoms with E-state index < -0.39 is 11.4 Å². The van der Waals surface area contributed by atoms with Crippen LogP contribution in [0.25, 0.3) is 10.9 Å². The fourth-order valence-electron chi connectivity index (χ4n) is 2.08. The number of hydrogen-bond acceptors (Lipinski definition) is 3. The van der Waals surface area contributed by atoms with Crippen LogP contribution in [0.2, 0.25) is 0 Å². The third-order valence-corrected chi connectivity index (χ3v) is 4.27. The highest BCUT2D eigenvalue weighted by atomic mass is 79.9. The Morgan fingerprint density at radius 3 is 2.86 bits per heavy atom. The van der Waals surface area contributed by atoms with Crippen molar-refractivity contribution in [2.45, 2.75) is 26.8 Å². The second kappa shape index (κ2) is 6.54. The van der Waals surface area contributed by atoms with Gasteiger partial charge in [-0.25, -0.2) is 0 Å². The van der Waals surface area contributed by atoms with Gasteiger partial charge in [-0.1, -0.05) is 12.1 Å². The fourth-order valence-corrected chi connectivity index (χ4v) is 2.55. The maximum absolute atomic E-state index is 11.1. The summed E-state index contributed by atoms with van der Waals surface area (Å²) in [5, 5.41) is 13.5. The summed E-state index contributed by atoms with van der Waals surface area (Å²) >= 11 is 3.51. The first kappa shape index (κ1) is 15.9. The molecule has 0 aliphatic rings. The predicted molar refractivity (Wildman–Crippen MR) is 87.2 cm³/mol. The van der Waals surface area contributed by atoms with Crippen molar-refractivity contribution in [3.63, 3.8) is 0 Å². The lowest BCUT2D eigenvalue weighted by molar-refractivity contribution is -0.147. The van der Waals surface area contributed by atoms with Crippen LogP contribution in [0.15, 0.2) is 34.9 Å². The Hall–Kier alpha value is -1.46. The van der Waals surface area contributed by atoms with E-state index in [9.17, 15) is 4.79 Å². The van der Waals surface area contributed by atoms with Gasteiger partial charge in [0, 0.05) is 22.6 Å². The first-order chi connectivity index (χ1) is 9.92. The van der Waals surface area contributed by atoms with E-state index in [4.69, 9.17) is 5.11 Å². The lowest BCUT2D eigenvalue weighted by Crippen LogP contribution is -2.28. The standard InChI is InChI=1S/C16H19BrN2O2/c1-16(2,15(20)21)7-9-18-10-11-6-8-19-14-12(11)4-3-5-13(14)17/h3-6,8,18H,7,9-10H2,1-2H3,(H,20,21). The molecule has 5 heteroatoms. The summed E-state index contributed by atoms with van der Waals surface area (Å²) in [7, 11) is 0. The van der Waals surface area contributed by atoms with Gasteiger partial charge in [-0.05, 0) is 60.4 Å². The van der Waals surface area contributed by atoms with Crippen molar-refractivity contribution in [3.8, 4) is 0 Å². The first-order valence-electron chi connectivity index (χ1n) is 6.88. The molecule has 0 radical (unpaired) electrons. The van der Waals surface area contributed by atoms with Crippen molar-refractivity contribution in [2.24, 2.45) is 5.41 Å². The molecule has 0 amide bonds. The van der Waals surface area contributed by atoms with E-state index in [2.05, 4.69) is 26.2 Å². The highest BCUT2D eigenvalue weighted by molar-refractivity contribution is 9.10. The molecule has 0 bridgehead atoms. The number of pyridine rings is 1. The Labute approximate surface area is 132 Å². The molecule has 4 nitrogen and oxygen atoms in total. The van der Waals surface area contributed by atoms with Gasteiger partial charge in [0.2, 0.25) is 0 Å². The number of carboxylic acid groups (broad SMARTS) is 1. The number of hydrogen-bond donors (Lipinski definition) is 2.